The van der Waals surface area contributed by atoms with Crippen molar-refractivity contribution in [2.45, 2.75) is 25.7 Å². The lowest BCUT2D eigenvalue weighted by Gasteiger charge is -2.26. The summed E-state index contributed by atoms with van der Waals surface area (Å²) in [6.45, 7) is 6.24. The molecule has 26 heavy (non-hydrogen) atoms. The molecule has 0 bridgehead atoms. The van der Waals surface area contributed by atoms with E-state index in [4.69, 9.17) is 4.74 Å². The molecule has 7 nitrogen and oxygen atoms in total. The van der Waals surface area contributed by atoms with Gasteiger partial charge in [-0.3, -0.25) is 19.5 Å². The number of nitrogens with zero attached hydrogens (tertiary/aromatic N) is 3. The molecule has 2 amide bonds. The van der Waals surface area contributed by atoms with Crippen LogP contribution in [0.2, 0.25) is 0 Å². The second-order valence-corrected chi connectivity index (χ2v) is 6.88. The number of carbonyl (C=O) groups is 2. The van der Waals surface area contributed by atoms with E-state index in [1.54, 1.807) is 12.3 Å². The maximum Gasteiger partial charge on any atom is 0.255 e. The van der Waals surface area contributed by atoms with Gasteiger partial charge in [0.1, 0.15) is 0 Å². The number of hydrogen-bond acceptors (Lipinski definition) is 5. The zero-order valence-electron chi connectivity index (χ0n) is 15.3. The molecule has 1 N–H and O–H groups in total. The number of hydrogen-bond donors (Lipinski definition) is 1. The second-order valence-electron chi connectivity index (χ2n) is 6.88. The number of carbonyl (C=O) groups excluding carboxylic acids is 2. The monoisotopic (exact) mass is 360 g/mol. The van der Waals surface area contributed by atoms with Gasteiger partial charge in [-0.25, -0.2) is 0 Å². The predicted molar refractivity (Wildman–Crippen MR) is 98.2 cm³/mol. The molecule has 1 aromatic heterocycles. The van der Waals surface area contributed by atoms with Gasteiger partial charge in [0.25, 0.3) is 11.8 Å². The second kappa shape index (κ2) is 9.64. The van der Waals surface area contributed by atoms with Gasteiger partial charge in [-0.05, 0) is 18.9 Å². The van der Waals surface area contributed by atoms with Crippen LogP contribution in [0, 0.1) is 0 Å². The van der Waals surface area contributed by atoms with Crippen molar-refractivity contribution in [3.8, 4) is 0 Å². The number of amides is 2. The molecule has 7 heteroatoms. The van der Waals surface area contributed by atoms with Crippen molar-refractivity contribution in [1.29, 1.82) is 0 Å². The average molecular weight is 360 g/mol. The first-order chi connectivity index (χ1) is 12.7. The van der Waals surface area contributed by atoms with Crippen LogP contribution in [0.3, 0.4) is 0 Å². The number of morpholine rings is 1. The molecule has 0 aromatic carbocycles. The Kier molecular flexibility index (Phi) is 6.96. The number of ether oxygens (including phenoxy) is 1. The van der Waals surface area contributed by atoms with Crippen LogP contribution in [-0.2, 0) is 4.74 Å². The minimum absolute atomic E-state index is 0.0256. The fourth-order valence-corrected chi connectivity index (χ4v) is 3.39. The van der Waals surface area contributed by atoms with E-state index in [2.05, 4.69) is 15.2 Å². The fourth-order valence-electron chi connectivity index (χ4n) is 3.39. The van der Waals surface area contributed by atoms with Gasteiger partial charge in [-0.2, -0.15) is 0 Å². The molecule has 1 aromatic rings. The first-order valence-electron chi connectivity index (χ1n) is 9.56. The smallest absolute Gasteiger partial charge is 0.255 e. The molecule has 2 aliphatic heterocycles. The molecule has 0 saturated carbocycles. The zero-order chi connectivity index (χ0) is 18.2. The van der Waals surface area contributed by atoms with E-state index in [-0.39, 0.29) is 11.8 Å². The largest absolute Gasteiger partial charge is 0.379 e. The normalized spacial score (nSPS) is 19.0. The maximum atomic E-state index is 12.7. The standard InChI is InChI=1S/C19H28N4O3/c24-18(21-5-8-22-9-11-26-12-10-22)16-13-17(15-20-14-16)19(25)23-6-3-1-2-4-7-23/h13-15H,1-12H2,(H,21,24). The van der Waals surface area contributed by atoms with Crippen LogP contribution >= 0.6 is 0 Å². The van der Waals surface area contributed by atoms with Gasteiger partial charge in [0, 0.05) is 51.7 Å². The van der Waals surface area contributed by atoms with E-state index in [0.29, 0.717) is 17.7 Å². The predicted octanol–water partition coefficient (Wildman–Crippen LogP) is 1.16. The number of nitrogens with one attached hydrogen (secondary N) is 1. The van der Waals surface area contributed by atoms with E-state index in [9.17, 15) is 9.59 Å². The van der Waals surface area contributed by atoms with Crippen LogP contribution in [0.5, 0.6) is 0 Å². The lowest BCUT2D eigenvalue weighted by atomic mass is 10.1. The van der Waals surface area contributed by atoms with Gasteiger partial charge >= 0.3 is 0 Å². The zero-order valence-corrected chi connectivity index (χ0v) is 15.3. The van der Waals surface area contributed by atoms with E-state index < -0.39 is 0 Å². The van der Waals surface area contributed by atoms with Crippen molar-refractivity contribution in [3.63, 3.8) is 0 Å². The highest BCUT2D eigenvalue weighted by Crippen LogP contribution is 2.13. The van der Waals surface area contributed by atoms with Gasteiger partial charge in [0.2, 0.25) is 0 Å². The highest BCUT2D eigenvalue weighted by atomic mass is 16.5. The van der Waals surface area contributed by atoms with Gasteiger partial charge < -0.3 is 15.0 Å². The third-order valence-corrected chi connectivity index (χ3v) is 4.96. The van der Waals surface area contributed by atoms with Crippen molar-refractivity contribution in [2.24, 2.45) is 0 Å². The molecule has 3 rings (SSSR count). The van der Waals surface area contributed by atoms with E-state index >= 15 is 0 Å². The molecule has 3 heterocycles. The molecule has 2 saturated heterocycles. The minimum atomic E-state index is -0.184. The molecular formula is C19H28N4O3. The fraction of sp³-hybridized carbons (Fsp3) is 0.632. The summed E-state index contributed by atoms with van der Waals surface area (Å²) in [5.41, 5.74) is 0.931. The Balaban J connectivity index is 1.53. The van der Waals surface area contributed by atoms with Crippen molar-refractivity contribution in [3.05, 3.63) is 29.6 Å². The van der Waals surface area contributed by atoms with E-state index in [1.165, 1.54) is 19.0 Å². The highest BCUT2D eigenvalue weighted by molar-refractivity contribution is 5.99. The lowest BCUT2D eigenvalue weighted by Crippen LogP contribution is -2.41. The van der Waals surface area contributed by atoms with Crippen molar-refractivity contribution in [2.75, 3.05) is 52.5 Å². The summed E-state index contributed by atoms with van der Waals surface area (Å²) in [5, 5.41) is 2.92. The van der Waals surface area contributed by atoms with Crippen molar-refractivity contribution >= 4 is 11.8 Å². The van der Waals surface area contributed by atoms with Crippen LogP contribution in [0.1, 0.15) is 46.4 Å². The lowest BCUT2D eigenvalue weighted by molar-refractivity contribution is 0.0383. The average Bonchev–Trinajstić information content (AvgIpc) is 2.98. The molecule has 0 radical (unpaired) electrons. The number of rotatable bonds is 5. The summed E-state index contributed by atoms with van der Waals surface area (Å²) in [7, 11) is 0. The molecule has 0 aliphatic carbocycles. The molecule has 0 spiro atoms. The number of likely N-dealkylation sites (tertiary alicyclic amines) is 1. The third-order valence-electron chi connectivity index (χ3n) is 4.96. The Hall–Kier alpha value is -1.99. The summed E-state index contributed by atoms with van der Waals surface area (Å²) in [6.07, 6.45) is 7.50. The van der Waals surface area contributed by atoms with Crippen molar-refractivity contribution in [1.82, 2.24) is 20.1 Å². The van der Waals surface area contributed by atoms with Gasteiger partial charge in [-0.1, -0.05) is 12.8 Å². The Labute approximate surface area is 154 Å². The summed E-state index contributed by atoms with van der Waals surface area (Å²) in [6, 6.07) is 1.66. The summed E-state index contributed by atoms with van der Waals surface area (Å²) in [5.74, 6) is -0.210. The first-order valence-corrected chi connectivity index (χ1v) is 9.56. The quantitative estimate of drug-likeness (QED) is 0.853. The van der Waals surface area contributed by atoms with Gasteiger partial charge in [0.05, 0.1) is 24.3 Å². The minimum Gasteiger partial charge on any atom is -0.379 e. The third kappa shape index (κ3) is 5.25. The molecule has 0 unspecified atom stereocenters. The Morgan fingerprint density at radius 3 is 2.42 bits per heavy atom. The SMILES string of the molecule is O=C(NCCN1CCOCC1)c1cncc(C(=O)N2CCCCCC2)c1. The number of aromatic nitrogens is 1. The van der Waals surface area contributed by atoms with Gasteiger partial charge in [0.15, 0.2) is 0 Å². The first kappa shape index (κ1) is 18.8. The van der Waals surface area contributed by atoms with Crippen LogP contribution in [0.4, 0.5) is 0 Å². The summed E-state index contributed by atoms with van der Waals surface area (Å²) < 4.78 is 5.32. The Bertz CT molecular complexity index is 609. The topological polar surface area (TPSA) is 74.8 Å². The van der Waals surface area contributed by atoms with E-state index in [1.807, 2.05) is 4.90 Å². The maximum absolute atomic E-state index is 12.7. The van der Waals surface area contributed by atoms with Crippen LogP contribution in [0.15, 0.2) is 18.5 Å². The van der Waals surface area contributed by atoms with Gasteiger partial charge in [-0.15, -0.1) is 0 Å². The molecule has 2 fully saturated rings. The molecule has 0 atom stereocenters. The van der Waals surface area contributed by atoms with E-state index in [0.717, 1.165) is 58.8 Å². The van der Waals surface area contributed by atoms with Crippen LogP contribution in [0.25, 0.3) is 0 Å². The van der Waals surface area contributed by atoms with Crippen LogP contribution in [-0.4, -0.2) is 79.1 Å². The number of pyridine rings is 1. The van der Waals surface area contributed by atoms with Crippen LogP contribution < -0.4 is 5.32 Å². The molecule has 142 valence electrons. The summed E-state index contributed by atoms with van der Waals surface area (Å²) >= 11 is 0. The highest BCUT2D eigenvalue weighted by Gasteiger charge is 2.19. The Morgan fingerprint density at radius 2 is 1.69 bits per heavy atom. The Morgan fingerprint density at radius 1 is 1.00 bits per heavy atom. The molecular weight excluding hydrogens is 332 g/mol. The molecule has 2 aliphatic rings. The summed E-state index contributed by atoms with van der Waals surface area (Å²) in [4.78, 5) is 33.3. The van der Waals surface area contributed by atoms with Crippen molar-refractivity contribution < 1.29 is 14.3 Å².